The van der Waals surface area contributed by atoms with Gasteiger partial charge in [-0.2, -0.15) is 0 Å². The quantitative estimate of drug-likeness (QED) is 0.805. The van der Waals surface area contributed by atoms with Crippen LogP contribution >= 0.6 is 11.8 Å². The molecule has 4 nitrogen and oxygen atoms in total. The van der Waals surface area contributed by atoms with Gasteiger partial charge in [-0.15, -0.1) is 11.8 Å². The number of rotatable bonds is 4. The highest BCUT2D eigenvalue weighted by Crippen LogP contribution is 2.27. The SMILES string of the molecule is CC(C)[C@@H](Sc1ccccc1)C(=O)NC(N)=O. The Bertz CT molecular complexity index is 393. The first kappa shape index (κ1) is 13.6. The molecule has 3 N–H and O–H groups in total. The number of nitrogens with one attached hydrogen (secondary N) is 1. The van der Waals surface area contributed by atoms with Crippen LogP contribution in [0.4, 0.5) is 4.79 Å². The maximum Gasteiger partial charge on any atom is 0.318 e. The van der Waals surface area contributed by atoms with Gasteiger partial charge in [0.1, 0.15) is 0 Å². The van der Waals surface area contributed by atoms with Gasteiger partial charge in [0.05, 0.1) is 5.25 Å². The fourth-order valence-electron chi connectivity index (χ4n) is 1.33. The van der Waals surface area contributed by atoms with Crippen LogP contribution < -0.4 is 11.1 Å². The van der Waals surface area contributed by atoms with Gasteiger partial charge in [0, 0.05) is 4.90 Å². The lowest BCUT2D eigenvalue weighted by molar-refractivity contribution is -0.120. The summed E-state index contributed by atoms with van der Waals surface area (Å²) in [6, 6.07) is 8.78. The molecule has 0 aromatic heterocycles. The van der Waals surface area contributed by atoms with E-state index in [0.29, 0.717) is 0 Å². The number of imide groups is 1. The standard InChI is InChI=1S/C12H16N2O2S/c1-8(2)10(11(15)14-12(13)16)17-9-6-4-3-5-7-9/h3-8,10H,1-2H3,(H3,13,14,15,16)/t10-/m1/s1. The molecule has 17 heavy (non-hydrogen) atoms. The summed E-state index contributed by atoms with van der Waals surface area (Å²) in [4.78, 5) is 23.4. The second kappa shape index (κ2) is 6.30. The van der Waals surface area contributed by atoms with E-state index in [1.165, 1.54) is 11.8 Å². The highest BCUT2D eigenvalue weighted by atomic mass is 32.2. The molecule has 0 fully saturated rings. The van der Waals surface area contributed by atoms with Crippen LogP contribution in [0, 0.1) is 5.92 Å². The van der Waals surface area contributed by atoms with Crippen molar-refractivity contribution in [1.29, 1.82) is 0 Å². The summed E-state index contributed by atoms with van der Waals surface area (Å²) >= 11 is 1.43. The van der Waals surface area contributed by atoms with E-state index in [0.717, 1.165) is 4.90 Å². The molecule has 0 aliphatic carbocycles. The molecule has 0 aliphatic rings. The molecule has 0 radical (unpaired) electrons. The average Bonchev–Trinajstić information content (AvgIpc) is 2.25. The highest BCUT2D eigenvalue weighted by Gasteiger charge is 2.24. The number of benzene rings is 1. The molecule has 1 atom stereocenters. The van der Waals surface area contributed by atoms with Gasteiger partial charge in [0.2, 0.25) is 5.91 Å². The molecule has 0 saturated carbocycles. The number of carbonyl (C=O) groups excluding carboxylic acids is 2. The topological polar surface area (TPSA) is 72.2 Å². The largest absolute Gasteiger partial charge is 0.351 e. The number of urea groups is 1. The number of hydrogen-bond acceptors (Lipinski definition) is 3. The van der Waals surface area contributed by atoms with Crippen molar-refractivity contribution in [3.8, 4) is 0 Å². The van der Waals surface area contributed by atoms with Crippen LogP contribution in [0.5, 0.6) is 0 Å². The fourth-order valence-corrected chi connectivity index (χ4v) is 2.38. The zero-order valence-corrected chi connectivity index (χ0v) is 10.7. The van der Waals surface area contributed by atoms with E-state index < -0.39 is 6.03 Å². The highest BCUT2D eigenvalue weighted by molar-refractivity contribution is 8.00. The third-order valence-corrected chi connectivity index (χ3v) is 3.67. The first-order valence-electron chi connectivity index (χ1n) is 5.32. The minimum atomic E-state index is -0.811. The van der Waals surface area contributed by atoms with E-state index in [-0.39, 0.29) is 17.1 Å². The Hall–Kier alpha value is -1.49. The van der Waals surface area contributed by atoms with Crippen LogP contribution in [0.1, 0.15) is 13.8 Å². The predicted octanol–water partition coefficient (Wildman–Crippen LogP) is 2.00. The van der Waals surface area contributed by atoms with E-state index in [1.807, 2.05) is 44.2 Å². The Morgan fingerprint density at radius 2 is 1.82 bits per heavy atom. The second-order valence-corrected chi connectivity index (χ2v) is 5.16. The predicted molar refractivity (Wildman–Crippen MR) is 68.7 cm³/mol. The van der Waals surface area contributed by atoms with Gasteiger partial charge in [-0.1, -0.05) is 32.0 Å². The van der Waals surface area contributed by atoms with Crippen LogP contribution in [0.3, 0.4) is 0 Å². The van der Waals surface area contributed by atoms with Gasteiger partial charge < -0.3 is 5.73 Å². The molecule has 0 saturated heterocycles. The van der Waals surface area contributed by atoms with Gasteiger partial charge in [-0.05, 0) is 18.1 Å². The third-order valence-electron chi connectivity index (χ3n) is 2.12. The summed E-state index contributed by atoms with van der Waals surface area (Å²) in [5.41, 5.74) is 4.94. The third kappa shape index (κ3) is 4.48. The Morgan fingerprint density at radius 1 is 1.24 bits per heavy atom. The monoisotopic (exact) mass is 252 g/mol. The van der Waals surface area contributed by atoms with E-state index in [4.69, 9.17) is 5.73 Å². The summed E-state index contributed by atoms with van der Waals surface area (Å²) in [6.07, 6.45) is 0. The molecular formula is C12H16N2O2S. The van der Waals surface area contributed by atoms with Crippen molar-refractivity contribution < 1.29 is 9.59 Å². The fraction of sp³-hybridized carbons (Fsp3) is 0.333. The molecule has 1 rings (SSSR count). The smallest absolute Gasteiger partial charge is 0.318 e. The summed E-state index contributed by atoms with van der Waals surface area (Å²) in [6.45, 7) is 3.86. The van der Waals surface area contributed by atoms with Crippen LogP contribution in [-0.4, -0.2) is 17.2 Å². The molecule has 1 aromatic rings. The number of carbonyl (C=O) groups is 2. The van der Waals surface area contributed by atoms with Crippen LogP contribution in [0.2, 0.25) is 0 Å². The van der Waals surface area contributed by atoms with E-state index in [9.17, 15) is 9.59 Å². The van der Waals surface area contributed by atoms with Crippen LogP contribution in [0.15, 0.2) is 35.2 Å². The zero-order chi connectivity index (χ0) is 12.8. The first-order chi connectivity index (χ1) is 8.00. The Kier molecular flexibility index (Phi) is 5.03. The molecule has 3 amide bonds. The van der Waals surface area contributed by atoms with Gasteiger partial charge in [0.15, 0.2) is 0 Å². The summed E-state index contributed by atoms with van der Waals surface area (Å²) in [5.74, 6) is -0.235. The lowest BCUT2D eigenvalue weighted by Crippen LogP contribution is -2.42. The van der Waals surface area contributed by atoms with Gasteiger partial charge >= 0.3 is 6.03 Å². The van der Waals surface area contributed by atoms with Crippen LogP contribution in [0.25, 0.3) is 0 Å². The van der Waals surface area contributed by atoms with Gasteiger partial charge in [-0.25, -0.2) is 4.79 Å². The lowest BCUT2D eigenvalue weighted by Gasteiger charge is -2.18. The van der Waals surface area contributed by atoms with Crippen molar-refractivity contribution in [2.24, 2.45) is 11.7 Å². The van der Waals surface area contributed by atoms with Crippen molar-refractivity contribution in [2.75, 3.05) is 0 Å². The molecule has 0 bridgehead atoms. The zero-order valence-electron chi connectivity index (χ0n) is 9.84. The number of amides is 3. The summed E-state index contributed by atoms with van der Waals surface area (Å²) in [5, 5.41) is 1.79. The Morgan fingerprint density at radius 3 is 2.29 bits per heavy atom. The Balaban J connectivity index is 2.73. The Labute approximate surface area is 105 Å². The molecule has 92 valence electrons. The van der Waals surface area contributed by atoms with Crippen LogP contribution in [-0.2, 0) is 4.79 Å². The molecule has 0 unspecified atom stereocenters. The number of hydrogen-bond donors (Lipinski definition) is 2. The van der Waals surface area contributed by atoms with E-state index >= 15 is 0 Å². The van der Waals surface area contributed by atoms with E-state index in [1.54, 1.807) is 0 Å². The average molecular weight is 252 g/mol. The van der Waals surface area contributed by atoms with Crippen molar-refractivity contribution in [2.45, 2.75) is 24.0 Å². The molecular weight excluding hydrogens is 236 g/mol. The number of primary amides is 1. The van der Waals surface area contributed by atoms with Crippen molar-refractivity contribution in [3.05, 3.63) is 30.3 Å². The minimum absolute atomic E-state index is 0.111. The molecule has 5 heteroatoms. The maximum atomic E-state index is 11.8. The number of thioether (sulfide) groups is 1. The molecule has 0 aliphatic heterocycles. The molecule has 0 spiro atoms. The normalized spacial score (nSPS) is 12.2. The maximum absolute atomic E-state index is 11.8. The first-order valence-corrected chi connectivity index (χ1v) is 6.20. The van der Waals surface area contributed by atoms with Gasteiger partial charge in [-0.3, -0.25) is 10.1 Å². The van der Waals surface area contributed by atoms with Crippen molar-refractivity contribution in [3.63, 3.8) is 0 Å². The van der Waals surface area contributed by atoms with Gasteiger partial charge in [0.25, 0.3) is 0 Å². The number of nitrogens with two attached hydrogens (primary N) is 1. The molecule has 0 heterocycles. The van der Waals surface area contributed by atoms with Crippen molar-refractivity contribution >= 4 is 23.7 Å². The lowest BCUT2D eigenvalue weighted by atomic mass is 10.1. The van der Waals surface area contributed by atoms with Crippen molar-refractivity contribution in [1.82, 2.24) is 5.32 Å². The summed E-state index contributed by atoms with van der Waals surface area (Å²) < 4.78 is 0. The van der Waals surface area contributed by atoms with E-state index in [2.05, 4.69) is 5.32 Å². The molecule has 1 aromatic carbocycles. The second-order valence-electron chi connectivity index (χ2n) is 3.95. The minimum Gasteiger partial charge on any atom is -0.351 e. The summed E-state index contributed by atoms with van der Waals surface area (Å²) in [7, 11) is 0.